The molecule has 0 saturated carbocycles. The number of thioether (sulfide) groups is 1. The minimum Gasteiger partial charge on any atom is -0.324 e. The molecule has 1 amide bonds. The van der Waals surface area contributed by atoms with Crippen LogP contribution < -0.4 is 5.32 Å². The Morgan fingerprint density at radius 2 is 1.86 bits per heavy atom. The molecule has 0 radical (unpaired) electrons. The van der Waals surface area contributed by atoms with Crippen molar-refractivity contribution < 1.29 is 4.79 Å². The fraction of sp³-hybridized carbons (Fsp3) is 0.176. The molecule has 1 N–H and O–H groups in total. The topological polar surface area (TPSA) is 52.9 Å². The van der Waals surface area contributed by atoms with E-state index in [2.05, 4.69) is 11.4 Å². The largest absolute Gasteiger partial charge is 0.324 e. The van der Waals surface area contributed by atoms with E-state index in [9.17, 15) is 4.79 Å². The van der Waals surface area contributed by atoms with Gasteiger partial charge in [-0.3, -0.25) is 4.79 Å². The van der Waals surface area contributed by atoms with Crippen LogP contribution in [0.3, 0.4) is 0 Å². The predicted octanol–water partition coefficient (Wildman–Crippen LogP) is 3.82. The number of anilines is 1. The van der Waals surface area contributed by atoms with Crippen LogP contribution in [0.15, 0.2) is 54.6 Å². The summed E-state index contributed by atoms with van der Waals surface area (Å²) in [6.45, 7) is 1.87. The first kappa shape index (κ1) is 15.1. The first-order valence-electron chi connectivity index (χ1n) is 6.66. The van der Waals surface area contributed by atoms with E-state index in [0.29, 0.717) is 11.3 Å². The Morgan fingerprint density at radius 1 is 1.19 bits per heavy atom. The van der Waals surface area contributed by atoms with Gasteiger partial charge in [-0.05, 0) is 24.6 Å². The molecule has 2 rings (SSSR count). The van der Waals surface area contributed by atoms with Crippen LogP contribution >= 0.6 is 11.8 Å². The summed E-state index contributed by atoms with van der Waals surface area (Å²) >= 11 is 1.58. The zero-order valence-electron chi connectivity index (χ0n) is 11.7. The van der Waals surface area contributed by atoms with E-state index in [1.54, 1.807) is 36.0 Å². The number of hydrogen-bond acceptors (Lipinski definition) is 3. The zero-order valence-corrected chi connectivity index (χ0v) is 12.6. The van der Waals surface area contributed by atoms with Crippen molar-refractivity contribution in [2.24, 2.45) is 0 Å². The summed E-state index contributed by atoms with van der Waals surface area (Å²) in [5.41, 5.74) is 2.24. The van der Waals surface area contributed by atoms with Gasteiger partial charge >= 0.3 is 0 Å². The van der Waals surface area contributed by atoms with Gasteiger partial charge in [-0.15, -0.1) is 11.8 Å². The fourth-order valence-corrected chi connectivity index (χ4v) is 2.64. The van der Waals surface area contributed by atoms with Crippen molar-refractivity contribution in [3.8, 4) is 6.07 Å². The van der Waals surface area contributed by atoms with Gasteiger partial charge in [0.2, 0.25) is 5.91 Å². The molecule has 1 unspecified atom stereocenters. The number of nitriles is 1. The first-order chi connectivity index (χ1) is 10.2. The number of carbonyl (C=O) groups is 1. The van der Waals surface area contributed by atoms with Crippen molar-refractivity contribution in [1.29, 1.82) is 5.26 Å². The molecule has 2 aromatic rings. The number of nitrogens with zero attached hydrogens (tertiary/aromatic N) is 1. The molecule has 0 aromatic heterocycles. The molecule has 0 spiro atoms. The number of rotatable bonds is 5. The van der Waals surface area contributed by atoms with Crippen molar-refractivity contribution in [2.75, 3.05) is 5.32 Å². The first-order valence-corrected chi connectivity index (χ1v) is 7.71. The van der Waals surface area contributed by atoms with E-state index in [1.807, 2.05) is 37.3 Å². The molecule has 21 heavy (non-hydrogen) atoms. The Kier molecular flexibility index (Phi) is 5.42. The Hall–Kier alpha value is -2.25. The summed E-state index contributed by atoms with van der Waals surface area (Å²) in [5, 5.41) is 11.6. The normalized spacial score (nSPS) is 11.4. The van der Waals surface area contributed by atoms with Crippen molar-refractivity contribution in [1.82, 2.24) is 0 Å². The van der Waals surface area contributed by atoms with Crippen LogP contribution in [0.1, 0.15) is 18.1 Å². The third-order valence-corrected chi connectivity index (χ3v) is 4.23. The quantitative estimate of drug-likeness (QED) is 0.912. The smallest absolute Gasteiger partial charge is 0.237 e. The van der Waals surface area contributed by atoms with Crippen molar-refractivity contribution in [3.63, 3.8) is 0 Å². The second kappa shape index (κ2) is 7.51. The lowest BCUT2D eigenvalue weighted by molar-refractivity contribution is -0.115. The van der Waals surface area contributed by atoms with Gasteiger partial charge < -0.3 is 5.32 Å². The monoisotopic (exact) mass is 296 g/mol. The number of carbonyl (C=O) groups excluding carboxylic acids is 1. The van der Waals surface area contributed by atoms with Crippen molar-refractivity contribution >= 4 is 23.4 Å². The highest BCUT2D eigenvalue weighted by molar-refractivity contribution is 7.99. The molecule has 106 valence electrons. The predicted molar refractivity (Wildman–Crippen MR) is 87.0 cm³/mol. The number of amides is 1. The van der Waals surface area contributed by atoms with Gasteiger partial charge in [-0.2, -0.15) is 5.26 Å². The summed E-state index contributed by atoms with van der Waals surface area (Å²) in [4.78, 5) is 12.2. The number of benzene rings is 2. The van der Waals surface area contributed by atoms with Gasteiger partial charge in [0.05, 0.1) is 16.5 Å². The van der Waals surface area contributed by atoms with Crippen LogP contribution in [-0.4, -0.2) is 11.2 Å². The van der Waals surface area contributed by atoms with Crippen LogP contribution in [0.4, 0.5) is 5.69 Å². The number of para-hydroxylation sites is 1. The molecule has 0 heterocycles. The maximum atomic E-state index is 12.2. The molecular weight excluding hydrogens is 280 g/mol. The van der Waals surface area contributed by atoms with Crippen LogP contribution in [0.2, 0.25) is 0 Å². The minimum atomic E-state index is -0.183. The van der Waals surface area contributed by atoms with Gasteiger partial charge in [-0.25, -0.2) is 0 Å². The van der Waals surface area contributed by atoms with Gasteiger partial charge in [0.25, 0.3) is 0 Å². The summed E-state index contributed by atoms with van der Waals surface area (Å²) < 4.78 is 0. The van der Waals surface area contributed by atoms with E-state index >= 15 is 0 Å². The summed E-state index contributed by atoms with van der Waals surface area (Å²) in [6, 6.07) is 19.1. The second-order valence-electron chi connectivity index (χ2n) is 4.59. The molecular formula is C17H16N2OS. The van der Waals surface area contributed by atoms with Gasteiger partial charge in [0.15, 0.2) is 0 Å². The average molecular weight is 296 g/mol. The van der Waals surface area contributed by atoms with Crippen molar-refractivity contribution in [2.45, 2.75) is 17.9 Å². The lowest BCUT2D eigenvalue weighted by Gasteiger charge is -2.12. The second-order valence-corrected chi connectivity index (χ2v) is 5.91. The average Bonchev–Trinajstić information content (AvgIpc) is 2.54. The zero-order chi connectivity index (χ0) is 15.1. The van der Waals surface area contributed by atoms with Crippen LogP contribution in [0.5, 0.6) is 0 Å². The van der Waals surface area contributed by atoms with Crippen molar-refractivity contribution in [3.05, 3.63) is 65.7 Å². The molecule has 0 saturated heterocycles. The van der Waals surface area contributed by atoms with E-state index in [-0.39, 0.29) is 11.2 Å². The highest BCUT2D eigenvalue weighted by Crippen LogP contribution is 2.20. The molecule has 0 aliphatic heterocycles. The molecule has 0 aliphatic carbocycles. The Bertz CT molecular complexity index is 649. The van der Waals surface area contributed by atoms with E-state index in [1.165, 1.54) is 5.56 Å². The molecule has 0 aliphatic rings. The standard InChI is InChI=1S/C17H16N2OS/c1-13(21-12-14-7-3-2-4-8-14)17(20)19-16-10-6-5-9-15(16)11-18/h2-10,13H,12H2,1H3,(H,19,20). The van der Waals surface area contributed by atoms with Gasteiger partial charge in [-0.1, -0.05) is 42.5 Å². The third-order valence-electron chi connectivity index (χ3n) is 3.02. The Labute approximate surface area is 129 Å². The molecule has 3 nitrogen and oxygen atoms in total. The van der Waals surface area contributed by atoms with Crippen LogP contribution in [-0.2, 0) is 10.5 Å². The molecule has 0 fully saturated rings. The highest BCUT2D eigenvalue weighted by Gasteiger charge is 2.14. The van der Waals surface area contributed by atoms with E-state index in [0.717, 1.165) is 5.75 Å². The van der Waals surface area contributed by atoms with E-state index in [4.69, 9.17) is 5.26 Å². The molecule has 1 atom stereocenters. The molecule has 4 heteroatoms. The maximum Gasteiger partial charge on any atom is 0.237 e. The summed E-state index contributed by atoms with van der Waals surface area (Å²) in [6.07, 6.45) is 0. The SMILES string of the molecule is CC(SCc1ccccc1)C(=O)Nc1ccccc1C#N. The number of nitrogens with one attached hydrogen (secondary N) is 1. The molecule has 2 aromatic carbocycles. The van der Waals surface area contributed by atoms with Crippen LogP contribution in [0, 0.1) is 11.3 Å². The lowest BCUT2D eigenvalue weighted by Crippen LogP contribution is -2.23. The highest BCUT2D eigenvalue weighted by atomic mass is 32.2. The Balaban J connectivity index is 1.92. The third kappa shape index (κ3) is 4.37. The number of hydrogen-bond donors (Lipinski definition) is 1. The minimum absolute atomic E-state index is 0.0846. The maximum absolute atomic E-state index is 12.2. The lowest BCUT2D eigenvalue weighted by atomic mass is 10.2. The summed E-state index contributed by atoms with van der Waals surface area (Å²) in [5.74, 6) is 0.702. The van der Waals surface area contributed by atoms with Gasteiger partial charge in [0.1, 0.15) is 6.07 Å². The molecule has 0 bridgehead atoms. The van der Waals surface area contributed by atoms with Crippen LogP contribution in [0.25, 0.3) is 0 Å². The fourth-order valence-electron chi connectivity index (χ4n) is 1.80. The Morgan fingerprint density at radius 3 is 2.57 bits per heavy atom. The van der Waals surface area contributed by atoms with E-state index < -0.39 is 0 Å². The summed E-state index contributed by atoms with van der Waals surface area (Å²) in [7, 11) is 0. The van der Waals surface area contributed by atoms with Gasteiger partial charge in [0, 0.05) is 5.75 Å².